The molecule has 0 aromatic carbocycles. The second kappa shape index (κ2) is 43.9. The normalized spacial score (nSPS) is 12.3. The number of aliphatic hydroxyl groups is 4. The molecule has 0 amide bonds. The van der Waals surface area contributed by atoms with Crippen molar-refractivity contribution in [1.82, 2.24) is 0 Å². The van der Waals surface area contributed by atoms with Crippen molar-refractivity contribution in [2.45, 2.75) is 232 Å². The molecule has 4 N–H and O–H groups in total. The van der Waals surface area contributed by atoms with Gasteiger partial charge in [-0.3, -0.25) is 9.59 Å². The van der Waals surface area contributed by atoms with E-state index in [4.69, 9.17) is 29.9 Å². The van der Waals surface area contributed by atoms with Gasteiger partial charge in [0, 0.05) is 12.8 Å². The molecule has 0 aromatic heterocycles. The lowest BCUT2D eigenvalue weighted by Crippen LogP contribution is -2.21. The summed E-state index contributed by atoms with van der Waals surface area (Å²) in [5, 5.41) is 35.4. The number of aliphatic hydroxyl groups excluding tert-OH is 4. The van der Waals surface area contributed by atoms with Crippen molar-refractivity contribution in [1.29, 1.82) is 0 Å². The fourth-order valence-corrected chi connectivity index (χ4v) is 5.91. The van der Waals surface area contributed by atoms with E-state index in [1.807, 2.05) is 0 Å². The Hall–Kier alpha value is -1.22. The molecule has 0 aromatic rings. The van der Waals surface area contributed by atoms with Crippen molar-refractivity contribution in [2.75, 3.05) is 26.4 Å². The highest BCUT2D eigenvalue weighted by molar-refractivity contribution is 5.69. The van der Waals surface area contributed by atoms with Crippen molar-refractivity contribution in [3.8, 4) is 0 Å². The van der Waals surface area contributed by atoms with Crippen LogP contribution in [0.25, 0.3) is 0 Å². The van der Waals surface area contributed by atoms with Gasteiger partial charge in [-0.05, 0) is 12.8 Å². The van der Waals surface area contributed by atoms with Crippen LogP contribution in [0.2, 0.25) is 0 Å². The van der Waals surface area contributed by atoms with E-state index < -0.39 is 12.2 Å². The molecule has 2 atom stereocenters. The molecule has 0 rings (SSSR count). The number of carbonyl (C=O) groups is 2. The minimum atomic E-state index is -0.954. The summed E-state index contributed by atoms with van der Waals surface area (Å²) in [5.74, 6) is -0.551. The zero-order chi connectivity index (χ0) is 37.2. The second-order valence-electron chi connectivity index (χ2n) is 14.4. The quantitative estimate of drug-likeness (QED) is 0.0366. The average molecular weight is 717 g/mol. The van der Waals surface area contributed by atoms with Crippen LogP contribution in [0.1, 0.15) is 219 Å². The van der Waals surface area contributed by atoms with Gasteiger partial charge in [0.25, 0.3) is 0 Å². The van der Waals surface area contributed by atoms with E-state index in [-0.39, 0.29) is 38.4 Å². The summed E-state index contributed by atoms with van der Waals surface area (Å²) in [4.78, 5) is 22.8. The number of unbranched alkanes of at least 4 members (excludes halogenated alkanes) is 28. The Morgan fingerprint density at radius 3 is 0.780 bits per heavy atom. The first-order valence-corrected chi connectivity index (χ1v) is 21.3. The monoisotopic (exact) mass is 717 g/mol. The van der Waals surface area contributed by atoms with E-state index in [1.165, 1.54) is 167 Å². The molecule has 0 bridgehead atoms. The zero-order valence-corrected chi connectivity index (χ0v) is 33.0. The van der Waals surface area contributed by atoms with Crippen molar-refractivity contribution in [3.63, 3.8) is 0 Å². The topological polar surface area (TPSA) is 134 Å². The van der Waals surface area contributed by atoms with Crippen LogP contribution in [0.4, 0.5) is 0 Å². The number of ether oxygens (including phenoxy) is 2. The van der Waals surface area contributed by atoms with Gasteiger partial charge in [0.1, 0.15) is 25.4 Å². The van der Waals surface area contributed by atoms with E-state index in [0.717, 1.165) is 25.7 Å². The summed E-state index contributed by atoms with van der Waals surface area (Å²) < 4.78 is 9.73. The Morgan fingerprint density at radius 2 is 0.580 bits per heavy atom. The van der Waals surface area contributed by atoms with Gasteiger partial charge in [-0.1, -0.05) is 194 Å². The first-order valence-electron chi connectivity index (χ1n) is 21.3. The Morgan fingerprint density at radius 1 is 0.380 bits per heavy atom. The molecule has 50 heavy (non-hydrogen) atoms. The van der Waals surface area contributed by atoms with Gasteiger partial charge in [-0.25, -0.2) is 0 Å². The molecule has 0 saturated carbocycles. The molecule has 0 fully saturated rings. The number of hydrogen-bond acceptors (Lipinski definition) is 8. The molecule has 0 aliphatic heterocycles. The Labute approximate surface area is 308 Å². The van der Waals surface area contributed by atoms with Gasteiger partial charge in [0.05, 0.1) is 13.2 Å². The third-order valence-electron chi connectivity index (χ3n) is 9.26. The molecule has 300 valence electrons. The maximum absolute atomic E-state index is 11.4. The largest absolute Gasteiger partial charge is 0.463 e. The first-order chi connectivity index (χ1) is 24.4. The molecular formula is C42H84O8. The molecule has 0 spiro atoms. The summed E-state index contributed by atoms with van der Waals surface area (Å²) in [6.45, 7) is 3.59. The van der Waals surface area contributed by atoms with Crippen molar-refractivity contribution in [3.05, 3.63) is 0 Å². The van der Waals surface area contributed by atoms with Crippen LogP contribution in [0.3, 0.4) is 0 Å². The highest BCUT2D eigenvalue weighted by atomic mass is 16.5. The lowest BCUT2D eigenvalue weighted by molar-refractivity contribution is -0.148. The fourth-order valence-electron chi connectivity index (χ4n) is 5.91. The first kappa shape index (κ1) is 50.9. The number of esters is 2. The van der Waals surface area contributed by atoms with Gasteiger partial charge in [-0.15, -0.1) is 0 Å². The third kappa shape index (κ3) is 44.8. The summed E-state index contributed by atoms with van der Waals surface area (Å²) in [6, 6.07) is 0. The van der Waals surface area contributed by atoms with Gasteiger partial charge in [0.2, 0.25) is 0 Å². The predicted molar refractivity (Wildman–Crippen MR) is 207 cm³/mol. The Kier molecular flexibility index (Phi) is 44.7. The summed E-state index contributed by atoms with van der Waals surface area (Å²) in [5.41, 5.74) is 0. The molecule has 0 aliphatic rings. The third-order valence-corrected chi connectivity index (χ3v) is 9.26. The highest BCUT2D eigenvalue weighted by Crippen LogP contribution is 2.15. The molecule has 0 saturated heterocycles. The molecule has 2 unspecified atom stereocenters. The van der Waals surface area contributed by atoms with Crippen LogP contribution in [0, 0.1) is 0 Å². The van der Waals surface area contributed by atoms with Crippen LogP contribution >= 0.6 is 0 Å². The van der Waals surface area contributed by atoms with Gasteiger partial charge in [0.15, 0.2) is 0 Å². The maximum atomic E-state index is 11.4. The van der Waals surface area contributed by atoms with Crippen molar-refractivity contribution >= 4 is 11.9 Å². The lowest BCUT2D eigenvalue weighted by Gasteiger charge is -2.08. The van der Waals surface area contributed by atoms with Gasteiger partial charge >= 0.3 is 11.9 Å². The minimum absolute atomic E-state index is 0.103. The van der Waals surface area contributed by atoms with Gasteiger partial charge in [-0.2, -0.15) is 0 Å². The molecule has 0 aliphatic carbocycles. The Bertz CT molecular complexity index is 618. The van der Waals surface area contributed by atoms with E-state index in [0.29, 0.717) is 12.8 Å². The highest BCUT2D eigenvalue weighted by Gasteiger charge is 2.08. The van der Waals surface area contributed by atoms with Crippen LogP contribution in [-0.4, -0.2) is 71.0 Å². The lowest BCUT2D eigenvalue weighted by atomic mass is 10.0. The van der Waals surface area contributed by atoms with Crippen LogP contribution in [0.15, 0.2) is 0 Å². The van der Waals surface area contributed by atoms with E-state index in [2.05, 4.69) is 13.8 Å². The number of rotatable bonds is 38. The van der Waals surface area contributed by atoms with Crippen molar-refractivity contribution in [2.24, 2.45) is 0 Å². The summed E-state index contributed by atoms with van der Waals surface area (Å²) in [7, 11) is 0. The SMILES string of the molecule is CCCCCCCCCCCCCCCCCC(=O)OCC(O)CO.CCCCCCCCCCCCCCCCCC(=O)OCC(O)CO. The number of hydrogen-bond donors (Lipinski definition) is 4. The zero-order valence-electron chi connectivity index (χ0n) is 33.0. The fraction of sp³-hybridized carbons (Fsp3) is 0.952. The predicted octanol–water partition coefficient (Wildman–Crippen LogP) is 10.3. The van der Waals surface area contributed by atoms with Crippen LogP contribution in [0.5, 0.6) is 0 Å². The van der Waals surface area contributed by atoms with Crippen LogP contribution < -0.4 is 0 Å². The molecular weight excluding hydrogens is 632 g/mol. The molecule has 8 heteroatoms. The second-order valence-corrected chi connectivity index (χ2v) is 14.4. The summed E-state index contributed by atoms with van der Waals surface area (Å²) >= 11 is 0. The maximum Gasteiger partial charge on any atom is 0.305 e. The standard InChI is InChI=1S/2C21H42O4/c2*1-2-3-4-5-6-7-8-9-10-11-12-13-14-15-16-17-21(24)25-19-20(23)18-22/h2*20,22-23H,2-19H2,1H3. The van der Waals surface area contributed by atoms with E-state index in [1.54, 1.807) is 0 Å². The van der Waals surface area contributed by atoms with Crippen molar-refractivity contribution < 1.29 is 39.5 Å². The Balaban J connectivity index is 0. The average Bonchev–Trinajstić information content (AvgIpc) is 3.12. The molecule has 8 nitrogen and oxygen atoms in total. The number of carbonyl (C=O) groups excluding carboxylic acids is 2. The van der Waals surface area contributed by atoms with E-state index in [9.17, 15) is 9.59 Å². The summed E-state index contributed by atoms with van der Waals surface area (Å²) in [6.07, 6.45) is 38.1. The van der Waals surface area contributed by atoms with E-state index >= 15 is 0 Å². The smallest absolute Gasteiger partial charge is 0.305 e. The molecule has 0 radical (unpaired) electrons. The molecule has 0 heterocycles. The minimum Gasteiger partial charge on any atom is -0.463 e. The van der Waals surface area contributed by atoms with Gasteiger partial charge < -0.3 is 29.9 Å². The van der Waals surface area contributed by atoms with Crippen LogP contribution in [-0.2, 0) is 19.1 Å².